The summed E-state index contributed by atoms with van der Waals surface area (Å²) in [5.74, 6) is 0.538. The maximum absolute atomic E-state index is 13.8. The topological polar surface area (TPSA) is 52.7 Å². The molecule has 0 atom stereocenters. The molecule has 6 aromatic rings. The van der Waals surface area contributed by atoms with Gasteiger partial charge in [-0.1, -0.05) is 77.9 Å². The standard InChI is InChI=1S/C31H24N4O/c1-21-12-16-23(17-13-21)28-20-29(35(33-28)25-18-14-22(2)15-19-25)30-32-27-11-7-6-10-26(27)31(36)34(30)24-8-4-3-5-9-24/h3-20H,1-2H3. The van der Waals surface area contributed by atoms with Gasteiger partial charge >= 0.3 is 0 Å². The van der Waals surface area contributed by atoms with E-state index in [0.717, 1.165) is 33.9 Å². The zero-order valence-corrected chi connectivity index (χ0v) is 20.1. The third-order valence-electron chi connectivity index (χ3n) is 6.35. The van der Waals surface area contributed by atoms with Crippen LogP contribution in [0.1, 0.15) is 11.1 Å². The Morgan fingerprint density at radius 1 is 0.667 bits per heavy atom. The van der Waals surface area contributed by atoms with Crippen LogP contribution in [0.4, 0.5) is 0 Å². The zero-order valence-electron chi connectivity index (χ0n) is 20.1. The largest absolute Gasteiger partial charge is 0.268 e. The van der Waals surface area contributed by atoms with Gasteiger partial charge in [0.25, 0.3) is 5.56 Å². The number of nitrogens with zero attached hydrogens (tertiary/aromatic N) is 4. The molecular formula is C31H24N4O. The van der Waals surface area contributed by atoms with Crippen LogP contribution < -0.4 is 5.56 Å². The molecule has 0 fully saturated rings. The summed E-state index contributed by atoms with van der Waals surface area (Å²) in [6.07, 6.45) is 0. The van der Waals surface area contributed by atoms with Gasteiger partial charge < -0.3 is 0 Å². The number of rotatable bonds is 4. The first-order valence-corrected chi connectivity index (χ1v) is 11.9. The molecule has 0 aliphatic heterocycles. The summed E-state index contributed by atoms with van der Waals surface area (Å²) in [5.41, 5.74) is 7.09. The third kappa shape index (κ3) is 3.81. The van der Waals surface area contributed by atoms with Gasteiger partial charge in [0, 0.05) is 5.56 Å². The monoisotopic (exact) mass is 468 g/mol. The molecule has 2 aromatic heterocycles. The van der Waals surface area contributed by atoms with E-state index in [2.05, 4.69) is 50.2 Å². The van der Waals surface area contributed by atoms with Crippen molar-refractivity contribution in [2.24, 2.45) is 0 Å². The van der Waals surface area contributed by atoms with Crippen molar-refractivity contribution in [1.82, 2.24) is 19.3 Å². The Morgan fingerprint density at radius 2 is 1.31 bits per heavy atom. The Bertz CT molecular complexity index is 1750. The lowest BCUT2D eigenvalue weighted by atomic mass is 10.1. The zero-order chi connectivity index (χ0) is 24.6. The van der Waals surface area contributed by atoms with Crippen molar-refractivity contribution in [3.63, 3.8) is 0 Å². The lowest BCUT2D eigenvalue weighted by Gasteiger charge is -2.15. The fraction of sp³-hybridized carbons (Fsp3) is 0.0645. The molecule has 36 heavy (non-hydrogen) atoms. The molecule has 2 heterocycles. The first-order valence-electron chi connectivity index (χ1n) is 11.9. The molecule has 0 unspecified atom stereocenters. The van der Waals surface area contributed by atoms with Crippen LogP contribution in [-0.2, 0) is 0 Å². The Labute approximate surface area is 208 Å². The Hall–Kier alpha value is -4.77. The van der Waals surface area contributed by atoms with Crippen LogP contribution in [0.3, 0.4) is 0 Å². The lowest BCUT2D eigenvalue weighted by molar-refractivity contribution is 0.864. The third-order valence-corrected chi connectivity index (χ3v) is 6.35. The highest BCUT2D eigenvalue weighted by molar-refractivity contribution is 5.81. The molecule has 4 aromatic carbocycles. The first-order chi connectivity index (χ1) is 17.6. The van der Waals surface area contributed by atoms with Gasteiger partial charge in [-0.15, -0.1) is 0 Å². The fourth-order valence-corrected chi connectivity index (χ4v) is 4.41. The average molecular weight is 469 g/mol. The van der Waals surface area contributed by atoms with Crippen LogP contribution >= 0.6 is 0 Å². The van der Waals surface area contributed by atoms with Crippen molar-refractivity contribution in [2.45, 2.75) is 13.8 Å². The number of para-hydroxylation sites is 2. The van der Waals surface area contributed by atoms with Crippen LogP contribution in [0, 0.1) is 13.8 Å². The van der Waals surface area contributed by atoms with Gasteiger partial charge in [0.1, 0.15) is 5.69 Å². The predicted octanol–water partition coefficient (Wildman–Crippen LogP) is 6.52. The highest BCUT2D eigenvalue weighted by atomic mass is 16.1. The van der Waals surface area contributed by atoms with Gasteiger partial charge in [0.2, 0.25) is 0 Å². The van der Waals surface area contributed by atoms with Crippen molar-refractivity contribution >= 4 is 10.9 Å². The second-order valence-corrected chi connectivity index (χ2v) is 8.96. The average Bonchev–Trinajstić information content (AvgIpc) is 3.35. The van der Waals surface area contributed by atoms with E-state index in [1.807, 2.05) is 77.5 Å². The molecule has 0 radical (unpaired) electrons. The molecule has 5 heteroatoms. The maximum Gasteiger partial charge on any atom is 0.266 e. The molecule has 0 amide bonds. The summed E-state index contributed by atoms with van der Waals surface area (Å²) >= 11 is 0. The maximum atomic E-state index is 13.8. The SMILES string of the molecule is Cc1ccc(-c2cc(-c3nc4ccccc4c(=O)n3-c3ccccc3)n(-c3ccc(C)cc3)n2)cc1. The summed E-state index contributed by atoms with van der Waals surface area (Å²) in [6, 6.07) is 35.6. The molecule has 174 valence electrons. The predicted molar refractivity (Wildman–Crippen MR) is 145 cm³/mol. The lowest BCUT2D eigenvalue weighted by Crippen LogP contribution is -2.22. The summed E-state index contributed by atoms with van der Waals surface area (Å²) in [5, 5.41) is 5.57. The van der Waals surface area contributed by atoms with E-state index < -0.39 is 0 Å². The fourth-order valence-electron chi connectivity index (χ4n) is 4.41. The summed E-state index contributed by atoms with van der Waals surface area (Å²) in [6.45, 7) is 4.13. The number of benzene rings is 4. The Morgan fingerprint density at radius 3 is 2.03 bits per heavy atom. The minimum Gasteiger partial charge on any atom is -0.268 e. The van der Waals surface area contributed by atoms with E-state index in [-0.39, 0.29) is 5.56 Å². The van der Waals surface area contributed by atoms with E-state index in [9.17, 15) is 4.79 Å². The van der Waals surface area contributed by atoms with Gasteiger partial charge in [-0.2, -0.15) is 5.10 Å². The number of hydrogen-bond donors (Lipinski definition) is 0. The van der Waals surface area contributed by atoms with Crippen molar-refractivity contribution in [3.8, 4) is 34.2 Å². The molecule has 0 N–H and O–H groups in total. The minimum atomic E-state index is -0.115. The molecule has 0 bridgehead atoms. The van der Waals surface area contributed by atoms with E-state index in [4.69, 9.17) is 10.1 Å². The second-order valence-electron chi connectivity index (χ2n) is 8.96. The van der Waals surface area contributed by atoms with Crippen LogP contribution in [0.2, 0.25) is 0 Å². The number of aryl methyl sites for hydroxylation is 2. The van der Waals surface area contributed by atoms with Gasteiger partial charge in [-0.25, -0.2) is 9.67 Å². The van der Waals surface area contributed by atoms with Gasteiger partial charge in [-0.3, -0.25) is 9.36 Å². The Balaban J connectivity index is 1.69. The van der Waals surface area contributed by atoms with E-state index in [0.29, 0.717) is 16.7 Å². The van der Waals surface area contributed by atoms with Crippen molar-refractivity contribution in [3.05, 3.63) is 131 Å². The van der Waals surface area contributed by atoms with E-state index >= 15 is 0 Å². The van der Waals surface area contributed by atoms with Crippen LogP contribution in [-0.4, -0.2) is 19.3 Å². The quantitative estimate of drug-likeness (QED) is 0.296. The van der Waals surface area contributed by atoms with Gasteiger partial charge in [-0.05, 0) is 56.3 Å². The van der Waals surface area contributed by atoms with Gasteiger partial charge in [0.05, 0.1) is 28.0 Å². The van der Waals surface area contributed by atoms with Gasteiger partial charge in [0.15, 0.2) is 5.82 Å². The minimum absolute atomic E-state index is 0.115. The first kappa shape index (κ1) is 21.7. The van der Waals surface area contributed by atoms with Crippen LogP contribution in [0.25, 0.3) is 45.1 Å². The molecule has 0 saturated heterocycles. The molecule has 0 spiro atoms. The van der Waals surface area contributed by atoms with Crippen molar-refractivity contribution < 1.29 is 0 Å². The number of fused-ring (bicyclic) bond motifs is 1. The Kier molecular flexibility index (Phi) is 5.30. The van der Waals surface area contributed by atoms with Crippen molar-refractivity contribution in [2.75, 3.05) is 0 Å². The molecule has 0 saturated carbocycles. The smallest absolute Gasteiger partial charge is 0.266 e. The highest BCUT2D eigenvalue weighted by Gasteiger charge is 2.21. The molecule has 0 aliphatic carbocycles. The summed E-state index contributed by atoms with van der Waals surface area (Å²) in [7, 11) is 0. The molecule has 5 nitrogen and oxygen atoms in total. The molecule has 0 aliphatic rings. The van der Waals surface area contributed by atoms with Crippen molar-refractivity contribution in [1.29, 1.82) is 0 Å². The highest BCUT2D eigenvalue weighted by Crippen LogP contribution is 2.30. The van der Waals surface area contributed by atoms with E-state index in [1.54, 1.807) is 4.57 Å². The van der Waals surface area contributed by atoms with E-state index in [1.165, 1.54) is 5.56 Å². The van der Waals surface area contributed by atoms with Crippen LogP contribution in [0.15, 0.2) is 114 Å². The van der Waals surface area contributed by atoms with Crippen LogP contribution in [0.5, 0.6) is 0 Å². The summed E-state index contributed by atoms with van der Waals surface area (Å²) < 4.78 is 3.56. The number of hydrogen-bond acceptors (Lipinski definition) is 3. The normalized spacial score (nSPS) is 11.2. The second kappa shape index (κ2) is 8.78. The molecule has 6 rings (SSSR count). The molecular weight excluding hydrogens is 444 g/mol. The number of aromatic nitrogens is 4. The summed E-state index contributed by atoms with van der Waals surface area (Å²) in [4.78, 5) is 18.8.